The minimum Gasteiger partial charge on any atom is -0.496 e. The van der Waals surface area contributed by atoms with Gasteiger partial charge < -0.3 is 10.1 Å². The Kier molecular flexibility index (Phi) is 4.26. The first-order valence-corrected chi connectivity index (χ1v) is 7.27. The molecule has 1 aromatic heterocycles. The van der Waals surface area contributed by atoms with Gasteiger partial charge in [-0.25, -0.2) is 0 Å². The number of hydrogen-bond acceptors (Lipinski definition) is 3. The van der Waals surface area contributed by atoms with E-state index in [1.54, 1.807) is 7.11 Å². The number of rotatable bonds is 4. The van der Waals surface area contributed by atoms with Crippen LogP contribution < -0.4 is 10.1 Å². The van der Waals surface area contributed by atoms with Crippen molar-refractivity contribution in [1.82, 2.24) is 9.78 Å². The number of aromatic nitrogens is 2. The molecule has 0 saturated heterocycles. The summed E-state index contributed by atoms with van der Waals surface area (Å²) >= 11 is 0. The van der Waals surface area contributed by atoms with Crippen molar-refractivity contribution in [2.45, 2.75) is 40.7 Å². The molecule has 1 aromatic carbocycles. The maximum atomic E-state index is 5.50. The van der Waals surface area contributed by atoms with E-state index in [-0.39, 0.29) is 6.04 Å². The summed E-state index contributed by atoms with van der Waals surface area (Å²) in [5.74, 6) is 0.951. The number of nitrogens with one attached hydrogen (secondary N) is 1. The molecule has 0 saturated carbocycles. The number of aryl methyl sites for hydroxylation is 3. The van der Waals surface area contributed by atoms with Gasteiger partial charge in [-0.3, -0.25) is 4.68 Å². The fourth-order valence-electron chi connectivity index (χ4n) is 3.02. The van der Waals surface area contributed by atoms with Gasteiger partial charge >= 0.3 is 0 Å². The summed E-state index contributed by atoms with van der Waals surface area (Å²) in [6.45, 7) is 10.5. The Morgan fingerprint density at radius 2 is 1.86 bits per heavy atom. The van der Waals surface area contributed by atoms with Crippen molar-refractivity contribution < 1.29 is 4.74 Å². The molecular formula is C17H25N3O. The Hall–Kier alpha value is -1.97. The largest absolute Gasteiger partial charge is 0.496 e. The quantitative estimate of drug-likeness (QED) is 0.928. The lowest BCUT2D eigenvalue weighted by Crippen LogP contribution is -2.10. The standard InChI is InChI=1S/C17H25N3O/c1-10-8-9-15(11(2)17(10)21-7)18-12(3)16-13(4)19-20(6)14(16)5/h8-9,12,18H,1-7H3. The van der Waals surface area contributed by atoms with Gasteiger partial charge in [0.25, 0.3) is 0 Å². The van der Waals surface area contributed by atoms with Crippen LogP contribution in [0.25, 0.3) is 0 Å². The summed E-state index contributed by atoms with van der Waals surface area (Å²) in [5.41, 5.74) is 6.94. The van der Waals surface area contributed by atoms with Crippen LogP contribution in [0.2, 0.25) is 0 Å². The highest BCUT2D eigenvalue weighted by Gasteiger charge is 2.17. The highest BCUT2D eigenvalue weighted by atomic mass is 16.5. The first-order valence-electron chi connectivity index (χ1n) is 7.27. The topological polar surface area (TPSA) is 39.1 Å². The van der Waals surface area contributed by atoms with E-state index in [1.165, 1.54) is 11.3 Å². The Balaban J connectivity index is 2.34. The van der Waals surface area contributed by atoms with E-state index in [0.717, 1.165) is 28.3 Å². The molecule has 4 nitrogen and oxygen atoms in total. The van der Waals surface area contributed by atoms with E-state index < -0.39 is 0 Å². The molecule has 1 heterocycles. The molecule has 0 bridgehead atoms. The van der Waals surface area contributed by atoms with Gasteiger partial charge in [0.2, 0.25) is 0 Å². The SMILES string of the molecule is COc1c(C)ccc(NC(C)c2c(C)nn(C)c2C)c1C. The van der Waals surface area contributed by atoms with Crippen molar-refractivity contribution in [3.63, 3.8) is 0 Å². The van der Waals surface area contributed by atoms with Gasteiger partial charge in [0.1, 0.15) is 5.75 Å². The molecule has 114 valence electrons. The zero-order chi connectivity index (χ0) is 15.7. The lowest BCUT2D eigenvalue weighted by Gasteiger charge is -2.20. The van der Waals surface area contributed by atoms with Crippen LogP contribution in [0.5, 0.6) is 5.75 Å². The number of benzene rings is 1. The first-order chi connectivity index (χ1) is 9.86. The van der Waals surface area contributed by atoms with Gasteiger partial charge in [-0.2, -0.15) is 5.10 Å². The van der Waals surface area contributed by atoms with Gasteiger partial charge in [-0.05, 0) is 46.2 Å². The zero-order valence-electron chi connectivity index (χ0n) is 14.0. The maximum absolute atomic E-state index is 5.50. The molecule has 21 heavy (non-hydrogen) atoms. The van der Waals surface area contributed by atoms with Crippen LogP contribution in [0.1, 0.15) is 41.0 Å². The molecule has 1 atom stereocenters. The molecule has 0 aliphatic carbocycles. The number of anilines is 1. The fourth-order valence-corrected chi connectivity index (χ4v) is 3.02. The van der Waals surface area contributed by atoms with Gasteiger partial charge in [0, 0.05) is 29.6 Å². The molecule has 2 aromatic rings. The molecule has 0 amide bonds. The van der Waals surface area contributed by atoms with Gasteiger partial charge in [0.15, 0.2) is 0 Å². The van der Waals surface area contributed by atoms with Crippen LogP contribution >= 0.6 is 0 Å². The van der Waals surface area contributed by atoms with Crippen molar-refractivity contribution in [2.75, 3.05) is 12.4 Å². The van der Waals surface area contributed by atoms with Crippen LogP contribution in [0, 0.1) is 27.7 Å². The number of nitrogens with zero attached hydrogens (tertiary/aromatic N) is 2. The highest BCUT2D eigenvalue weighted by Crippen LogP contribution is 2.32. The molecule has 2 rings (SSSR count). The Morgan fingerprint density at radius 1 is 1.19 bits per heavy atom. The minimum atomic E-state index is 0.199. The van der Waals surface area contributed by atoms with E-state index in [9.17, 15) is 0 Å². The first kappa shape index (κ1) is 15.4. The summed E-state index contributed by atoms with van der Waals surface area (Å²) in [6.07, 6.45) is 0. The average Bonchev–Trinajstić information content (AvgIpc) is 2.67. The molecule has 0 spiro atoms. The highest BCUT2D eigenvalue weighted by molar-refractivity contribution is 5.60. The summed E-state index contributed by atoms with van der Waals surface area (Å²) in [6, 6.07) is 4.40. The van der Waals surface area contributed by atoms with Crippen LogP contribution in [-0.2, 0) is 7.05 Å². The van der Waals surface area contributed by atoms with Gasteiger partial charge in [0.05, 0.1) is 18.8 Å². The second-order valence-electron chi connectivity index (χ2n) is 5.66. The lowest BCUT2D eigenvalue weighted by atomic mass is 10.0. The molecule has 0 aliphatic heterocycles. The summed E-state index contributed by atoms with van der Waals surface area (Å²) in [4.78, 5) is 0. The third-order valence-electron chi connectivity index (χ3n) is 4.18. The van der Waals surface area contributed by atoms with Crippen molar-refractivity contribution in [1.29, 1.82) is 0 Å². The molecule has 1 N–H and O–H groups in total. The number of methoxy groups -OCH3 is 1. The molecule has 0 aliphatic rings. The zero-order valence-corrected chi connectivity index (χ0v) is 14.0. The molecular weight excluding hydrogens is 262 g/mol. The van der Waals surface area contributed by atoms with Gasteiger partial charge in [-0.1, -0.05) is 6.07 Å². The number of hydrogen-bond donors (Lipinski definition) is 1. The van der Waals surface area contributed by atoms with E-state index >= 15 is 0 Å². The third kappa shape index (κ3) is 2.75. The molecule has 4 heteroatoms. The van der Waals surface area contributed by atoms with Crippen LogP contribution in [0.15, 0.2) is 12.1 Å². The van der Waals surface area contributed by atoms with E-state index in [0.29, 0.717) is 0 Å². The normalized spacial score (nSPS) is 12.3. The number of ether oxygens (including phenoxy) is 1. The van der Waals surface area contributed by atoms with E-state index in [4.69, 9.17) is 4.74 Å². The molecule has 0 radical (unpaired) electrons. The van der Waals surface area contributed by atoms with Crippen LogP contribution in [-0.4, -0.2) is 16.9 Å². The summed E-state index contributed by atoms with van der Waals surface area (Å²) in [5, 5.41) is 8.09. The predicted octanol–water partition coefficient (Wildman–Crippen LogP) is 3.84. The Bertz CT molecular complexity index is 659. The van der Waals surface area contributed by atoms with E-state index in [2.05, 4.69) is 57.2 Å². The third-order valence-corrected chi connectivity index (χ3v) is 4.18. The van der Waals surface area contributed by atoms with E-state index in [1.807, 2.05) is 11.7 Å². The van der Waals surface area contributed by atoms with Crippen molar-refractivity contribution in [3.05, 3.63) is 40.2 Å². The molecule has 1 unspecified atom stereocenters. The minimum absolute atomic E-state index is 0.199. The van der Waals surface area contributed by atoms with Gasteiger partial charge in [-0.15, -0.1) is 0 Å². The monoisotopic (exact) mass is 287 g/mol. The predicted molar refractivity (Wildman–Crippen MR) is 87.2 cm³/mol. The summed E-state index contributed by atoms with van der Waals surface area (Å²) in [7, 11) is 3.71. The fraction of sp³-hybridized carbons (Fsp3) is 0.471. The second kappa shape index (κ2) is 5.80. The lowest BCUT2D eigenvalue weighted by molar-refractivity contribution is 0.409. The summed E-state index contributed by atoms with van der Waals surface area (Å²) < 4.78 is 7.43. The van der Waals surface area contributed by atoms with Crippen molar-refractivity contribution in [3.8, 4) is 5.75 Å². The Labute approximate surface area is 127 Å². The second-order valence-corrected chi connectivity index (χ2v) is 5.66. The average molecular weight is 287 g/mol. The van der Waals surface area contributed by atoms with Crippen molar-refractivity contribution >= 4 is 5.69 Å². The molecule has 0 fully saturated rings. The Morgan fingerprint density at radius 3 is 2.38 bits per heavy atom. The maximum Gasteiger partial charge on any atom is 0.126 e. The van der Waals surface area contributed by atoms with Crippen molar-refractivity contribution in [2.24, 2.45) is 7.05 Å². The van der Waals surface area contributed by atoms with Crippen LogP contribution in [0.4, 0.5) is 5.69 Å². The van der Waals surface area contributed by atoms with Crippen LogP contribution in [0.3, 0.4) is 0 Å². The smallest absolute Gasteiger partial charge is 0.126 e.